The molecule has 92 valence electrons. The Morgan fingerprint density at radius 2 is 1.74 bits per heavy atom. The quantitative estimate of drug-likeness (QED) is 0.651. The molecule has 0 spiro atoms. The zero-order chi connectivity index (χ0) is 13.1. The molecule has 3 heteroatoms. The lowest BCUT2D eigenvalue weighted by atomic mass is 10.2. The van der Waals surface area contributed by atoms with E-state index in [2.05, 4.69) is 4.98 Å². The third kappa shape index (κ3) is 2.31. The fraction of sp³-hybridized carbons (Fsp3) is 0. The molecule has 1 aromatic heterocycles. The SMILES string of the molecule is O=C(/C=C/c1ccccc1)n1cnc2ccccc21. The first kappa shape index (κ1) is 11.4. The van der Waals surface area contributed by atoms with Gasteiger partial charge in [0.25, 0.3) is 5.91 Å². The van der Waals surface area contributed by atoms with Crippen molar-refractivity contribution in [1.29, 1.82) is 0 Å². The van der Waals surface area contributed by atoms with Crippen molar-refractivity contribution in [2.24, 2.45) is 0 Å². The van der Waals surface area contributed by atoms with Gasteiger partial charge in [0.05, 0.1) is 11.0 Å². The van der Waals surface area contributed by atoms with Gasteiger partial charge in [-0.05, 0) is 23.8 Å². The van der Waals surface area contributed by atoms with Crippen LogP contribution in [0.3, 0.4) is 0 Å². The molecule has 0 aliphatic heterocycles. The van der Waals surface area contributed by atoms with Crippen molar-refractivity contribution in [3.8, 4) is 0 Å². The number of imidazole rings is 1. The van der Waals surface area contributed by atoms with E-state index in [9.17, 15) is 4.79 Å². The number of aromatic nitrogens is 2. The normalized spacial score (nSPS) is 11.2. The summed E-state index contributed by atoms with van der Waals surface area (Å²) in [6.07, 6.45) is 4.92. The molecule has 0 unspecified atom stereocenters. The fourth-order valence-electron chi connectivity index (χ4n) is 1.95. The van der Waals surface area contributed by atoms with Gasteiger partial charge < -0.3 is 0 Å². The van der Waals surface area contributed by atoms with E-state index in [1.807, 2.05) is 54.6 Å². The Morgan fingerprint density at radius 1 is 1.00 bits per heavy atom. The molecule has 0 aliphatic carbocycles. The minimum absolute atomic E-state index is 0.0995. The Labute approximate surface area is 110 Å². The van der Waals surface area contributed by atoms with E-state index in [0.717, 1.165) is 16.6 Å². The van der Waals surface area contributed by atoms with Gasteiger partial charge in [-0.2, -0.15) is 0 Å². The lowest BCUT2D eigenvalue weighted by molar-refractivity contribution is 0.0974. The van der Waals surface area contributed by atoms with Crippen LogP contribution in [0.1, 0.15) is 10.4 Å². The van der Waals surface area contributed by atoms with Crippen LogP contribution in [0.4, 0.5) is 0 Å². The number of fused-ring (bicyclic) bond motifs is 1. The summed E-state index contributed by atoms with van der Waals surface area (Å²) < 4.78 is 1.55. The van der Waals surface area contributed by atoms with Crippen molar-refractivity contribution in [2.75, 3.05) is 0 Å². The van der Waals surface area contributed by atoms with Crippen LogP contribution < -0.4 is 0 Å². The largest absolute Gasteiger partial charge is 0.269 e. The van der Waals surface area contributed by atoms with Crippen LogP contribution in [0.5, 0.6) is 0 Å². The lowest BCUT2D eigenvalue weighted by Gasteiger charge is -1.98. The van der Waals surface area contributed by atoms with Crippen LogP contribution in [0, 0.1) is 0 Å². The van der Waals surface area contributed by atoms with E-state index in [1.54, 1.807) is 23.0 Å². The van der Waals surface area contributed by atoms with Gasteiger partial charge in [-0.15, -0.1) is 0 Å². The summed E-state index contributed by atoms with van der Waals surface area (Å²) in [5, 5.41) is 0. The van der Waals surface area contributed by atoms with E-state index in [0.29, 0.717) is 0 Å². The highest BCUT2D eigenvalue weighted by Crippen LogP contribution is 2.12. The minimum atomic E-state index is -0.0995. The highest BCUT2D eigenvalue weighted by atomic mass is 16.1. The number of hydrogen-bond donors (Lipinski definition) is 0. The molecule has 0 amide bonds. The maximum atomic E-state index is 12.1. The Morgan fingerprint density at radius 3 is 2.58 bits per heavy atom. The molecule has 0 saturated heterocycles. The van der Waals surface area contributed by atoms with Crippen LogP contribution >= 0.6 is 0 Å². The van der Waals surface area contributed by atoms with Crippen molar-refractivity contribution in [3.05, 3.63) is 72.6 Å². The molecule has 0 atom stereocenters. The number of benzene rings is 2. The second-order valence-electron chi connectivity index (χ2n) is 4.19. The molecule has 0 N–H and O–H groups in total. The number of carbonyl (C=O) groups excluding carboxylic acids is 1. The summed E-state index contributed by atoms with van der Waals surface area (Å²) in [7, 11) is 0. The zero-order valence-electron chi connectivity index (χ0n) is 10.2. The monoisotopic (exact) mass is 248 g/mol. The number of hydrogen-bond acceptors (Lipinski definition) is 2. The first-order valence-corrected chi connectivity index (χ1v) is 6.04. The molecule has 0 fully saturated rings. The molecule has 0 bridgehead atoms. The molecule has 0 saturated carbocycles. The van der Waals surface area contributed by atoms with Gasteiger partial charge in [-0.25, -0.2) is 4.98 Å². The lowest BCUT2D eigenvalue weighted by Crippen LogP contribution is -2.04. The number of nitrogens with zero attached hydrogens (tertiary/aromatic N) is 2. The molecule has 3 rings (SSSR count). The number of rotatable bonds is 2. The Hall–Kier alpha value is -2.68. The van der Waals surface area contributed by atoms with Gasteiger partial charge in [0.15, 0.2) is 0 Å². The molecule has 0 aliphatic rings. The maximum absolute atomic E-state index is 12.1. The molecule has 19 heavy (non-hydrogen) atoms. The number of para-hydroxylation sites is 2. The predicted octanol–water partition coefficient (Wildman–Crippen LogP) is 3.39. The van der Waals surface area contributed by atoms with E-state index >= 15 is 0 Å². The van der Waals surface area contributed by atoms with E-state index in [1.165, 1.54) is 0 Å². The van der Waals surface area contributed by atoms with Crippen molar-refractivity contribution in [2.45, 2.75) is 0 Å². The van der Waals surface area contributed by atoms with Gasteiger partial charge in [-0.3, -0.25) is 9.36 Å². The van der Waals surface area contributed by atoms with Crippen LogP contribution in [0.2, 0.25) is 0 Å². The zero-order valence-corrected chi connectivity index (χ0v) is 10.2. The molecule has 2 aromatic carbocycles. The summed E-state index contributed by atoms with van der Waals surface area (Å²) in [4.78, 5) is 16.3. The van der Waals surface area contributed by atoms with Crippen molar-refractivity contribution < 1.29 is 4.79 Å². The Bertz CT molecular complexity index is 742. The average molecular weight is 248 g/mol. The smallest absolute Gasteiger partial charge is 0.256 e. The van der Waals surface area contributed by atoms with Crippen molar-refractivity contribution in [3.63, 3.8) is 0 Å². The second kappa shape index (κ2) is 4.90. The van der Waals surface area contributed by atoms with Crippen LogP contribution in [0.25, 0.3) is 17.1 Å². The first-order valence-electron chi connectivity index (χ1n) is 6.04. The minimum Gasteiger partial charge on any atom is -0.269 e. The highest BCUT2D eigenvalue weighted by Gasteiger charge is 2.05. The molecule has 0 radical (unpaired) electrons. The molecule has 1 heterocycles. The fourth-order valence-corrected chi connectivity index (χ4v) is 1.95. The third-order valence-corrected chi connectivity index (χ3v) is 2.91. The maximum Gasteiger partial charge on any atom is 0.256 e. The summed E-state index contributed by atoms with van der Waals surface area (Å²) in [6, 6.07) is 17.3. The van der Waals surface area contributed by atoms with E-state index in [4.69, 9.17) is 0 Å². The molecular formula is C16H12N2O. The van der Waals surface area contributed by atoms with Crippen molar-refractivity contribution >= 4 is 23.0 Å². The third-order valence-electron chi connectivity index (χ3n) is 2.91. The van der Waals surface area contributed by atoms with Crippen LogP contribution in [0.15, 0.2) is 67.0 Å². The topological polar surface area (TPSA) is 34.9 Å². The number of allylic oxidation sites excluding steroid dienone is 1. The molecule has 3 aromatic rings. The average Bonchev–Trinajstić information content (AvgIpc) is 2.90. The van der Waals surface area contributed by atoms with Gasteiger partial charge in [0.2, 0.25) is 0 Å². The van der Waals surface area contributed by atoms with Gasteiger partial charge in [0.1, 0.15) is 6.33 Å². The highest BCUT2D eigenvalue weighted by molar-refractivity contribution is 5.99. The Kier molecular flexibility index (Phi) is 2.94. The van der Waals surface area contributed by atoms with Crippen molar-refractivity contribution in [1.82, 2.24) is 9.55 Å². The predicted molar refractivity (Wildman–Crippen MR) is 75.8 cm³/mol. The Balaban J connectivity index is 1.91. The molecule has 3 nitrogen and oxygen atoms in total. The van der Waals surface area contributed by atoms with Gasteiger partial charge in [-0.1, -0.05) is 42.5 Å². The summed E-state index contributed by atoms with van der Waals surface area (Å²) >= 11 is 0. The van der Waals surface area contributed by atoms with E-state index < -0.39 is 0 Å². The van der Waals surface area contributed by atoms with Crippen LogP contribution in [-0.4, -0.2) is 15.5 Å². The standard InChI is InChI=1S/C16H12N2O/c19-16(11-10-13-6-2-1-3-7-13)18-12-17-14-8-4-5-9-15(14)18/h1-12H/b11-10+. The summed E-state index contributed by atoms with van der Waals surface area (Å²) in [5.74, 6) is -0.0995. The van der Waals surface area contributed by atoms with E-state index in [-0.39, 0.29) is 5.91 Å². The number of carbonyl (C=O) groups is 1. The summed E-state index contributed by atoms with van der Waals surface area (Å²) in [6.45, 7) is 0. The van der Waals surface area contributed by atoms with Gasteiger partial charge >= 0.3 is 0 Å². The van der Waals surface area contributed by atoms with Gasteiger partial charge in [0, 0.05) is 6.08 Å². The second-order valence-corrected chi connectivity index (χ2v) is 4.19. The summed E-state index contributed by atoms with van der Waals surface area (Å²) in [5.41, 5.74) is 2.65. The first-order chi connectivity index (χ1) is 9.34. The molecular weight excluding hydrogens is 236 g/mol. The van der Waals surface area contributed by atoms with Crippen LogP contribution in [-0.2, 0) is 0 Å².